The van der Waals surface area contributed by atoms with Crippen molar-refractivity contribution in [2.75, 3.05) is 5.32 Å². The number of amides is 2. The van der Waals surface area contributed by atoms with Crippen LogP contribution >= 0.6 is 0 Å². The van der Waals surface area contributed by atoms with Crippen LogP contribution in [-0.4, -0.2) is 34.8 Å². The van der Waals surface area contributed by atoms with Crippen molar-refractivity contribution < 1.29 is 9.59 Å². The highest BCUT2D eigenvalue weighted by atomic mass is 16.2. The molecule has 0 saturated carbocycles. The van der Waals surface area contributed by atoms with Crippen LogP contribution in [0.2, 0.25) is 0 Å². The Bertz CT molecular complexity index is 838. The van der Waals surface area contributed by atoms with Crippen molar-refractivity contribution in [3.8, 4) is 0 Å². The minimum absolute atomic E-state index is 0.00794. The number of nitrogens with zero attached hydrogens (tertiary/aromatic N) is 1. The van der Waals surface area contributed by atoms with E-state index < -0.39 is 0 Å². The lowest BCUT2D eigenvalue weighted by atomic mass is 9.96. The van der Waals surface area contributed by atoms with Crippen LogP contribution in [0, 0.1) is 0 Å². The zero-order valence-corrected chi connectivity index (χ0v) is 16.2. The smallest absolute Gasteiger partial charge is 0.319 e. The van der Waals surface area contributed by atoms with Crippen molar-refractivity contribution in [2.24, 2.45) is 0 Å². The van der Waals surface area contributed by atoms with Gasteiger partial charge >= 0.3 is 6.03 Å². The number of Topliss-reactive ketones (excluding diaryl/α,β-unsaturated/α-hetero) is 1. The second kappa shape index (κ2) is 8.15. The summed E-state index contributed by atoms with van der Waals surface area (Å²) in [7, 11) is 0. The molecule has 2 amide bonds. The molecule has 0 aromatic heterocycles. The van der Waals surface area contributed by atoms with Gasteiger partial charge in [-0.2, -0.15) is 0 Å². The van der Waals surface area contributed by atoms with Crippen LogP contribution in [0.25, 0.3) is 0 Å². The van der Waals surface area contributed by atoms with Crippen LogP contribution in [0.1, 0.15) is 48.5 Å². The van der Waals surface area contributed by atoms with Gasteiger partial charge in [0, 0.05) is 35.9 Å². The SMILES string of the molecule is CC(=O)c1cccc(NC(=O)NC2CC3CCC(C2)N3Cc2ccccc2)c1. The Labute approximate surface area is 166 Å². The normalized spacial score (nSPS) is 24.0. The van der Waals surface area contributed by atoms with Gasteiger partial charge < -0.3 is 10.6 Å². The molecule has 0 aliphatic carbocycles. The molecule has 2 bridgehead atoms. The van der Waals surface area contributed by atoms with E-state index in [2.05, 4.69) is 45.9 Å². The number of piperidine rings is 1. The first-order chi connectivity index (χ1) is 13.6. The molecule has 2 aliphatic rings. The van der Waals surface area contributed by atoms with Gasteiger partial charge in [0.15, 0.2) is 5.78 Å². The number of carbonyl (C=O) groups is 2. The Morgan fingerprint density at radius 2 is 1.71 bits per heavy atom. The molecule has 4 rings (SSSR count). The number of hydrogen-bond donors (Lipinski definition) is 2. The molecule has 2 N–H and O–H groups in total. The summed E-state index contributed by atoms with van der Waals surface area (Å²) in [6, 6.07) is 18.7. The molecule has 2 aliphatic heterocycles. The average Bonchev–Trinajstić information content (AvgIpc) is 2.91. The lowest BCUT2D eigenvalue weighted by Gasteiger charge is -2.39. The number of ketones is 1. The molecule has 2 heterocycles. The molecule has 0 radical (unpaired) electrons. The fourth-order valence-electron chi connectivity index (χ4n) is 4.61. The highest BCUT2D eigenvalue weighted by molar-refractivity contribution is 5.96. The molecule has 2 aromatic rings. The minimum atomic E-state index is -0.193. The van der Waals surface area contributed by atoms with E-state index in [1.54, 1.807) is 24.3 Å². The third-order valence-electron chi connectivity index (χ3n) is 5.95. The highest BCUT2D eigenvalue weighted by Crippen LogP contribution is 2.36. The summed E-state index contributed by atoms with van der Waals surface area (Å²) >= 11 is 0. The molecule has 146 valence electrons. The van der Waals surface area contributed by atoms with Gasteiger partial charge in [0.2, 0.25) is 0 Å². The maximum absolute atomic E-state index is 12.4. The lowest BCUT2D eigenvalue weighted by molar-refractivity contribution is 0.101. The number of carbonyl (C=O) groups excluding carboxylic acids is 2. The van der Waals surface area contributed by atoms with Crippen molar-refractivity contribution in [1.82, 2.24) is 10.2 Å². The van der Waals surface area contributed by atoms with Crippen molar-refractivity contribution in [1.29, 1.82) is 0 Å². The molecule has 5 heteroatoms. The van der Waals surface area contributed by atoms with E-state index in [0.717, 1.165) is 19.4 Å². The number of fused-ring (bicyclic) bond motifs is 2. The van der Waals surface area contributed by atoms with Gasteiger partial charge in [0.25, 0.3) is 0 Å². The molecule has 2 saturated heterocycles. The summed E-state index contributed by atoms with van der Waals surface area (Å²) in [5.74, 6) is -0.00794. The monoisotopic (exact) mass is 377 g/mol. The van der Waals surface area contributed by atoms with Gasteiger partial charge in [-0.15, -0.1) is 0 Å². The highest BCUT2D eigenvalue weighted by Gasteiger charge is 2.40. The molecule has 2 atom stereocenters. The topological polar surface area (TPSA) is 61.4 Å². The van der Waals surface area contributed by atoms with Gasteiger partial charge in [0.05, 0.1) is 0 Å². The van der Waals surface area contributed by atoms with Gasteiger partial charge in [0.1, 0.15) is 0 Å². The van der Waals surface area contributed by atoms with Gasteiger partial charge in [-0.3, -0.25) is 9.69 Å². The zero-order chi connectivity index (χ0) is 19.5. The first-order valence-corrected chi connectivity index (χ1v) is 10.1. The third-order valence-corrected chi connectivity index (χ3v) is 5.95. The number of anilines is 1. The van der Waals surface area contributed by atoms with Crippen LogP contribution in [0.5, 0.6) is 0 Å². The molecule has 5 nitrogen and oxygen atoms in total. The average molecular weight is 377 g/mol. The van der Waals surface area contributed by atoms with Crippen molar-refractivity contribution in [2.45, 2.75) is 57.3 Å². The Kier molecular flexibility index (Phi) is 5.44. The number of urea groups is 1. The Morgan fingerprint density at radius 1 is 1.00 bits per heavy atom. The van der Waals surface area contributed by atoms with E-state index in [0.29, 0.717) is 23.3 Å². The van der Waals surface area contributed by atoms with E-state index in [-0.39, 0.29) is 17.9 Å². The fourth-order valence-corrected chi connectivity index (χ4v) is 4.61. The van der Waals surface area contributed by atoms with E-state index in [1.807, 2.05) is 0 Å². The number of benzene rings is 2. The minimum Gasteiger partial charge on any atom is -0.335 e. The van der Waals surface area contributed by atoms with E-state index in [4.69, 9.17) is 0 Å². The van der Waals surface area contributed by atoms with Gasteiger partial charge in [-0.05, 0) is 50.3 Å². The molecular formula is C23H27N3O2. The van der Waals surface area contributed by atoms with Crippen molar-refractivity contribution in [3.05, 3.63) is 65.7 Å². The summed E-state index contributed by atoms with van der Waals surface area (Å²) < 4.78 is 0. The van der Waals surface area contributed by atoms with Crippen LogP contribution in [-0.2, 0) is 6.54 Å². The molecule has 2 unspecified atom stereocenters. The van der Waals surface area contributed by atoms with Crippen LogP contribution < -0.4 is 10.6 Å². The molecule has 0 spiro atoms. The number of rotatable bonds is 5. The zero-order valence-electron chi connectivity index (χ0n) is 16.2. The molecule has 2 fully saturated rings. The first-order valence-electron chi connectivity index (χ1n) is 10.1. The molecule has 2 aromatic carbocycles. The summed E-state index contributed by atoms with van der Waals surface area (Å²) in [6.45, 7) is 2.52. The summed E-state index contributed by atoms with van der Waals surface area (Å²) in [6.07, 6.45) is 4.39. The third kappa shape index (κ3) is 4.25. The maximum atomic E-state index is 12.4. The Hall–Kier alpha value is -2.66. The standard InChI is InChI=1S/C23H27N3O2/c1-16(27)18-8-5-9-19(12-18)24-23(28)25-20-13-21-10-11-22(14-20)26(21)15-17-6-3-2-4-7-17/h2-9,12,20-22H,10-11,13-15H2,1H3,(H2,24,25,28). The molecule has 28 heavy (non-hydrogen) atoms. The second-order valence-corrected chi connectivity index (χ2v) is 7.95. The van der Waals surface area contributed by atoms with Crippen molar-refractivity contribution in [3.63, 3.8) is 0 Å². The number of nitrogens with one attached hydrogen (secondary N) is 2. The van der Waals surface area contributed by atoms with E-state index >= 15 is 0 Å². The van der Waals surface area contributed by atoms with Crippen LogP contribution in [0.4, 0.5) is 10.5 Å². The summed E-state index contributed by atoms with van der Waals surface area (Å²) in [4.78, 5) is 26.6. The summed E-state index contributed by atoms with van der Waals surface area (Å²) in [5.41, 5.74) is 2.61. The first kappa shape index (κ1) is 18.7. The molecular weight excluding hydrogens is 350 g/mol. The second-order valence-electron chi connectivity index (χ2n) is 7.95. The van der Waals surface area contributed by atoms with Gasteiger partial charge in [-0.1, -0.05) is 42.5 Å². The maximum Gasteiger partial charge on any atom is 0.319 e. The predicted molar refractivity (Wildman–Crippen MR) is 110 cm³/mol. The number of hydrogen-bond acceptors (Lipinski definition) is 3. The quantitative estimate of drug-likeness (QED) is 0.768. The van der Waals surface area contributed by atoms with E-state index in [1.165, 1.54) is 25.3 Å². The Morgan fingerprint density at radius 3 is 2.39 bits per heavy atom. The van der Waals surface area contributed by atoms with Gasteiger partial charge in [-0.25, -0.2) is 4.79 Å². The van der Waals surface area contributed by atoms with E-state index in [9.17, 15) is 9.59 Å². The fraction of sp³-hybridized carbons (Fsp3) is 0.391. The largest absolute Gasteiger partial charge is 0.335 e. The van der Waals surface area contributed by atoms with Crippen molar-refractivity contribution >= 4 is 17.5 Å². The van der Waals surface area contributed by atoms with Crippen LogP contribution in [0.15, 0.2) is 54.6 Å². The lowest BCUT2D eigenvalue weighted by Crippen LogP contribution is -2.50. The Balaban J connectivity index is 1.33. The summed E-state index contributed by atoms with van der Waals surface area (Å²) in [5, 5.41) is 6.01. The predicted octanol–water partition coefficient (Wildman–Crippen LogP) is 4.21. The van der Waals surface area contributed by atoms with Crippen LogP contribution in [0.3, 0.4) is 0 Å².